The van der Waals surface area contributed by atoms with E-state index < -0.39 is 28.5 Å². The molecular formula is C30H32Cl3N3O4S. The van der Waals surface area contributed by atoms with Crippen LogP contribution in [0, 0.1) is 0 Å². The van der Waals surface area contributed by atoms with Crippen LogP contribution in [0.15, 0.2) is 77.7 Å². The summed E-state index contributed by atoms with van der Waals surface area (Å²) in [5.74, 6) is -0.917. The van der Waals surface area contributed by atoms with Gasteiger partial charge in [-0.2, -0.15) is 0 Å². The molecule has 4 rings (SSSR count). The molecule has 1 aliphatic rings. The van der Waals surface area contributed by atoms with E-state index >= 15 is 0 Å². The fourth-order valence-electron chi connectivity index (χ4n) is 4.86. The number of rotatable bonds is 10. The Kier molecular flexibility index (Phi) is 10.6. The van der Waals surface area contributed by atoms with Crippen LogP contribution in [-0.4, -0.2) is 43.8 Å². The smallest absolute Gasteiger partial charge is 0.264 e. The number of carbonyl (C=O) groups excluding carboxylic acids is 2. The van der Waals surface area contributed by atoms with E-state index in [0.29, 0.717) is 20.6 Å². The van der Waals surface area contributed by atoms with Crippen molar-refractivity contribution in [1.82, 2.24) is 10.2 Å². The molecule has 0 radical (unpaired) electrons. The predicted octanol–water partition coefficient (Wildman–Crippen LogP) is 6.71. The molecule has 1 saturated carbocycles. The summed E-state index contributed by atoms with van der Waals surface area (Å²) >= 11 is 19.0. The second kappa shape index (κ2) is 13.9. The van der Waals surface area contributed by atoms with E-state index in [1.807, 2.05) is 0 Å². The van der Waals surface area contributed by atoms with Gasteiger partial charge in [-0.3, -0.25) is 13.9 Å². The molecule has 218 valence electrons. The van der Waals surface area contributed by atoms with E-state index in [1.54, 1.807) is 55.5 Å². The van der Waals surface area contributed by atoms with E-state index in [4.69, 9.17) is 34.8 Å². The second-order valence-corrected chi connectivity index (χ2v) is 13.2. The number of nitrogens with zero attached hydrogens (tertiary/aromatic N) is 2. The standard InChI is InChI=1S/C30H32Cl3N3O4S/c1-21(30(38)34-23-9-4-2-5-10-23)35(19-26-27(32)13-8-14-28(26)33)29(37)20-36(24-17-15-22(31)16-18-24)41(39,40)25-11-6-3-7-12-25/h3,6-8,11-18,21,23H,2,4-5,9-10,19-20H2,1H3,(H,34,38). The number of amides is 2. The van der Waals surface area contributed by atoms with Crippen LogP contribution >= 0.6 is 34.8 Å². The summed E-state index contributed by atoms with van der Waals surface area (Å²) in [5.41, 5.74) is 0.715. The number of anilines is 1. The van der Waals surface area contributed by atoms with Gasteiger partial charge in [0.05, 0.1) is 10.6 Å². The third-order valence-electron chi connectivity index (χ3n) is 7.23. The Hall–Kier alpha value is -2.78. The van der Waals surface area contributed by atoms with Crippen LogP contribution in [0.25, 0.3) is 0 Å². The van der Waals surface area contributed by atoms with E-state index in [0.717, 1.165) is 36.4 Å². The van der Waals surface area contributed by atoms with Crippen LogP contribution in [0.1, 0.15) is 44.6 Å². The fraction of sp³-hybridized carbons (Fsp3) is 0.333. The van der Waals surface area contributed by atoms with Crippen LogP contribution in [0.3, 0.4) is 0 Å². The maximum absolute atomic E-state index is 14.1. The highest BCUT2D eigenvalue weighted by atomic mass is 35.5. The maximum Gasteiger partial charge on any atom is 0.264 e. The van der Waals surface area contributed by atoms with Gasteiger partial charge in [0.2, 0.25) is 11.8 Å². The molecule has 0 aromatic heterocycles. The van der Waals surface area contributed by atoms with E-state index in [2.05, 4.69) is 5.32 Å². The Morgan fingerprint density at radius 1 is 0.878 bits per heavy atom. The van der Waals surface area contributed by atoms with Crippen molar-refractivity contribution < 1.29 is 18.0 Å². The van der Waals surface area contributed by atoms with Crippen LogP contribution in [0.2, 0.25) is 15.1 Å². The number of carbonyl (C=O) groups is 2. The van der Waals surface area contributed by atoms with Gasteiger partial charge < -0.3 is 10.2 Å². The van der Waals surface area contributed by atoms with Gasteiger partial charge in [0.25, 0.3) is 10.0 Å². The van der Waals surface area contributed by atoms with Crippen LogP contribution < -0.4 is 9.62 Å². The first-order valence-corrected chi connectivity index (χ1v) is 16.0. The topological polar surface area (TPSA) is 86.8 Å². The molecule has 1 fully saturated rings. The molecule has 3 aromatic carbocycles. The first-order chi connectivity index (χ1) is 19.6. The molecule has 3 aromatic rings. The highest BCUT2D eigenvalue weighted by molar-refractivity contribution is 7.92. The van der Waals surface area contributed by atoms with Crippen molar-refractivity contribution in [1.29, 1.82) is 0 Å². The molecule has 0 spiro atoms. The van der Waals surface area contributed by atoms with Crippen molar-refractivity contribution >= 4 is 62.3 Å². The lowest BCUT2D eigenvalue weighted by atomic mass is 9.95. The number of halogens is 3. The van der Waals surface area contributed by atoms with Crippen molar-refractivity contribution in [2.24, 2.45) is 0 Å². The van der Waals surface area contributed by atoms with E-state index in [-0.39, 0.29) is 29.1 Å². The Morgan fingerprint density at radius 2 is 1.49 bits per heavy atom. The second-order valence-electron chi connectivity index (χ2n) is 10.0. The minimum atomic E-state index is -4.16. The molecule has 41 heavy (non-hydrogen) atoms. The van der Waals surface area contributed by atoms with Crippen LogP contribution in [-0.2, 0) is 26.2 Å². The maximum atomic E-state index is 14.1. The molecule has 0 saturated heterocycles. The monoisotopic (exact) mass is 635 g/mol. The average molecular weight is 637 g/mol. The lowest BCUT2D eigenvalue weighted by Gasteiger charge is -2.33. The van der Waals surface area contributed by atoms with Gasteiger partial charge in [0.1, 0.15) is 12.6 Å². The molecule has 0 heterocycles. The molecule has 7 nitrogen and oxygen atoms in total. The van der Waals surface area contributed by atoms with Gasteiger partial charge in [-0.25, -0.2) is 8.42 Å². The van der Waals surface area contributed by atoms with Crippen molar-refractivity contribution in [2.45, 2.75) is 62.6 Å². The number of hydrogen-bond acceptors (Lipinski definition) is 4. The van der Waals surface area contributed by atoms with Crippen molar-refractivity contribution in [2.75, 3.05) is 10.8 Å². The summed E-state index contributed by atoms with van der Waals surface area (Å²) in [5, 5.41) is 4.16. The van der Waals surface area contributed by atoms with Crippen molar-refractivity contribution in [3.63, 3.8) is 0 Å². The minimum absolute atomic E-state index is 0.0199. The number of benzene rings is 3. The Labute approximate surface area is 256 Å². The summed E-state index contributed by atoms with van der Waals surface area (Å²) in [6, 6.07) is 18.1. The van der Waals surface area contributed by atoms with Gasteiger partial charge in [-0.15, -0.1) is 0 Å². The molecule has 0 aliphatic heterocycles. The number of hydrogen-bond donors (Lipinski definition) is 1. The molecule has 1 atom stereocenters. The summed E-state index contributed by atoms with van der Waals surface area (Å²) in [6.07, 6.45) is 4.95. The van der Waals surface area contributed by atoms with Gasteiger partial charge in [0, 0.05) is 33.2 Å². The van der Waals surface area contributed by atoms with Gasteiger partial charge >= 0.3 is 0 Å². The lowest BCUT2D eigenvalue weighted by molar-refractivity contribution is -0.139. The van der Waals surface area contributed by atoms with Gasteiger partial charge in [0.15, 0.2) is 0 Å². The van der Waals surface area contributed by atoms with Gasteiger partial charge in [-0.1, -0.05) is 78.3 Å². The zero-order valence-electron chi connectivity index (χ0n) is 22.6. The van der Waals surface area contributed by atoms with Crippen molar-refractivity contribution in [3.8, 4) is 0 Å². The van der Waals surface area contributed by atoms with Crippen molar-refractivity contribution in [3.05, 3.63) is 93.4 Å². The third-order valence-corrected chi connectivity index (χ3v) is 9.98. The van der Waals surface area contributed by atoms with Crippen LogP contribution in [0.5, 0.6) is 0 Å². The fourth-order valence-corrected chi connectivity index (χ4v) is 6.94. The number of sulfonamides is 1. The molecule has 0 bridgehead atoms. The Morgan fingerprint density at radius 3 is 2.10 bits per heavy atom. The summed E-state index contributed by atoms with van der Waals surface area (Å²) in [4.78, 5) is 28.8. The van der Waals surface area contributed by atoms with E-state index in [1.165, 1.54) is 29.2 Å². The zero-order valence-corrected chi connectivity index (χ0v) is 25.7. The third kappa shape index (κ3) is 7.74. The SMILES string of the molecule is CC(C(=O)NC1CCCCC1)N(Cc1c(Cl)cccc1Cl)C(=O)CN(c1ccc(Cl)cc1)S(=O)(=O)c1ccccc1. The largest absolute Gasteiger partial charge is 0.352 e. The lowest BCUT2D eigenvalue weighted by Crippen LogP contribution is -2.53. The normalized spacial score (nSPS) is 14.7. The average Bonchev–Trinajstić information content (AvgIpc) is 2.97. The highest BCUT2D eigenvalue weighted by Crippen LogP contribution is 2.29. The number of nitrogens with one attached hydrogen (secondary N) is 1. The first kappa shape index (κ1) is 31.2. The molecular weight excluding hydrogens is 605 g/mol. The molecule has 1 unspecified atom stereocenters. The first-order valence-electron chi connectivity index (χ1n) is 13.4. The summed E-state index contributed by atoms with van der Waals surface area (Å²) in [7, 11) is -4.16. The van der Waals surface area contributed by atoms with Gasteiger partial charge in [-0.05, 0) is 68.3 Å². The molecule has 1 N–H and O–H groups in total. The summed E-state index contributed by atoms with van der Waals surface area (Å²) in [6.45, 7) is 0.970. The molecule has 11 heteroatoms. The minimum Gasteiger partial charge on any atom is -0.352 e. The molecule has 2 amide bonds. The zero-order chi connectivity index (χ0) is 29.6. The Bertz CT molecular complexity index is 1440. The highest BCUT2D eigenvalue weighted by Gasteiger charge is 2.33. The Balaban J connectivity index is 1.69. The van der Waals surface area contributed by atoms with E-state index in [9.17, 15) is 18.0 Å². The summed E-state index contributed by atoms with van der Waals surface area (Å²) < 4.78 is 28.6. The predicted molar refractivity (Wildman–Crippen MR) is 164 cm³/mol. The van der Waals surface area contributed by atoms with Crippen LogP contribution in [0.4, 0.5) is 5.69 Å². The molecule has 1 aliphatic carbocycles. The quantitative estimate of drug-likeness (QED) is 0.268.